The van der Waals surface area contributed by atoms with Gasteiger partial charge in [0.05, 0.1) is 0 Å². The zero-order valence-corrected chi connectivity index (χ0v) is 9.91. The van der Waals surface area contributed by atoms with Gasteiger partial charge in [-0.05, 0) is 53.6 Å². The summed E-state index contributed by atoms with van der Waals surface area (Å²) in [5, 5.41) is 0. The van der Waals surface area contributed by atoms with Crippen LogP contribution in [0.3, 0.4) is 0 Å². The molecule has 1 aromatic carbocycles. The number of hydrogen-bond donors (Lipinski definition) is 1. The average molecular weight is 287 g/mol. The van der Waals surface area contributed by atoms with Crippen LogP contribution < -0.4 is 5.73 Å². The van der Waals surface area contributed by atoms with E-state index in [4.69, 9.17) is 5.73 Å². The first-order valence-corrected chi connectivity index (χ1v) is 5.33. The molecule has 0 saturated carbocycles. The largest absolute Gasteiger partial charge is 0.324 e. The molecule has 70 valence electrons. The molecule has 1 aromatic rings. The highest BCUT2D eigenvalue weighted by atomic mass is 127. The molecule has 0 saturated heterocycles. The minimum absolute atomic E-state index is 0.0921. The third-order valence-corrected chi connectivity index (χ3v) is 2.59. The lowest BCUT2D eigenvalue weighted by Gasteiger charge is -2.11. The van der Waals surface area contributed by atoms with Crippen molar-refractivity contribution in [1.82, 2.24) is 0 Å². The molecular weight excluding hydrogens is 273 g/mol. The van der Waals surface area contributed by atoms with E-state index in [0.717, 1.165) is 12.0 Å². The van der Waals surface area contributed by atoms with Gasteiger partial charge in [0.25, 0.3) is 0 Å². The van der Waals surface area contributed by atoms with E-state index in [9.17, 15) is 0 Å². The van der Waals surface area contributed by atoms with Gasteiger partial charge < -0.3 is 5.73 Å². The summed E-state index contributed by atoms with van der Waals surface area (Å²) in [7, 11) is 0. The molecule has 13 heavy (non-hydrogen) atoms. The normalized spacial score (nSPS) is 12.5. The summed E-state index contributed by atoms with van der Waals surface area (Å²) in [6.07, 6.45) is 0.862. The first-order chi connectivity index (χ1) is 6.09. The van der Waals surface area contributed by atoms with Crippen molar-refractivity contribution in [2.24, 2.45) is 5.73 Å². The van der Waals surface area contributed by atoms with E-state index in [2.05, 4.69) is 53.4 Å². The Hall–Kier alpha value is -0.350. The molecule has 0 aliphatic heterocycles. The zero-order chi connectivity index (χ0) is 9.84. The van der Waals surface area contributed by atoms with Crippen LogP contribution in [0, 0.1) is 3.57 Å². The van der Waals surface area contributed by atoms with E-state index >= 15 is 0 Å². The van der Waals surface area contributed by atoms with Gasteiger partial charge in [0, 0.05) is 9.61 Å². The van der Waals surface area contributed by atoms with Crippen molar-refractivity contribution in [1.29, 1.82) is 0 Å². The minimum atomic E-state index is 0.0921. The lowest BCUT2D eigenvalue weighted by Crippen LogP contribution is -2.10. The summed E-state index contributed by atoms with van der Waals surface area (Å²) < 4.78 is 1.24. The second-order valence-electron chi connectivity index (χ2n) is 3.32. The molecule has 0 aromatic heterocycles. The molecule has 0 amide bonds. The fourth-order valence-corrected chi connectivity index (χ4v) is 1.56. The second kappa shape index (κ2) is 4.77. The summed E-state index contributed by atoms with van der Waals surface area (Å²) in [5.74, 6) is 0. The van der Waals surface area contributed by atoms with Gasteiger partial charge >= 0.3 is 0 Å². The standard InChI is InChI=1S/C11H14IN/c1-8(2)7-11(13)9-3-5-10(12)6-4-9/h3-6,11H,1,7,13H2,2H3/t11-/m0/s1. The van der Waals surface area contributed by atoms with Crippen LogP contribution in [0.5, 0.6) is 0 Å². The maximum atomic E-state index is 5.98. The Morgan fingerprint density at radius 1 is 1.46 bits per heavy atom. The third-order valence-electron chi connectivity index (χ3n) is 1.87. The number of benzene rings is 1. The van der Waals surface area contributed by atoms with Gasteiger partial charge in [-0.1, -0.05) is 17.7 Å². The maximum Gasteiger partial charge on any atom is 0.0332 e. The van der Waals surface area contributed by atoms with Crippen molar-refractivity contribution < 1.29 is 0 Å². The first kappa shape index (κ1) is 10.7. The predicted molar refractivity (Wildman–Crippen MR) is 65.5 cm³/mol. The molecule has 0 unspecified atom stereocenters. The molecule has 0 fully saturated rings. The Morgan fingerprint density at radius 3 is 2.46 bits per heavy atom. The average Bonchev–Trinajstić information content (AvgIpc) is 2.04. The van der Waals surface area contributed by atoms with Crippen LogP contribution >= 0.6 is 22.6 Å². The van der Waals surface area contributed by atoms with E-state index in [1.54, 1.807) is 0 Å². The van der Waals surface area contributed by atoms with Gasteiger partial charge in [0.2, 0.25) is 0 Å². The molecule has 2 heteroatoms. The SMILES string of the molecule is C=C(C)C[C@H](N)c1ccc(I)cc1. The molecule has 0 aliphatic carbocycles. The molecule has 0 bridgehead atoms. The second-order valence-corrected chi connectivity index (χ2v) is 4.56. The molecular formula is C11H14IN. The van der Waals surface area contributed by atoms with E-state index in [1.807, 2.05) is 6.92 Å². The summed E-state index contributed by atoms with van der Waals surface area (Å²) in [6, 6.07) is 8.40. The minimum Gasteiger partial charge on any atom is -0.324 e. The molecule has 0 spiro atoms. The van der Waals surface area contributed by atoms with E-state index < -0.39 is 0 Å². The summed E-state index contributed by atoms with van der Waals surface area (Å²) in [4.78, 5) is 0. The van der Waals surface area contributed by atoms with Crippen molar-refractivity contribution in [3.05, 3.63) is 45.6 Å². The van der Waals surface area contributed by atoms with Gasteiger partial charge in [-0.15, -0.1) is 6.58 Å². The lowest BCUT2D eigenvalue weighted by molar-refractivity contribution is 0.717. The summed E-state index contributed by atoms with van der Waals surface area (Å²) in [5.41, 5.74) is 8.30. The molecule has 1 nitrogen and oxygen atoms in total. The van der Waals surface area contributed by atoms with E-state index in [0.29, 0.717) is 0 Å². The molecule has 1 rings (SSSR count). The van der Waals surface area contributed by atoms with Crippen molar-refractivity contribution in [2.45, 2.75) is 19.4 Å². The molecule has 0 heterocycles. The monoisotopic (exact) mass is 287 g/mol. The van der Waals surface area contributed by atoms with Gasteiger partial charge in [0.1, 0.15) is 0 Å². The van der Waals surface area contributed by atoms with Crippen molar-refractivity contribution in [3.8, 4) is 0 Å². The van der Waals surface area contributed by atoms with Gasteiger partial charge in [-0.2, -0.15) is 0 Å². The molecule has 1 atom stereocenters. The summed E-state index contributed by atoms with van der Waals surface area (Å²) >= 11 is 2.29. The van der Waals surface area contributed by atoms with Crippen molar-refractivity contribution in [2.75, 3.05) is 0 Å². The fourth-order valence-electron chi connectivity index (χ4n) is 1.20. The first-order valence-electron chi connectivity index (χ1n) is 4.25. The zero-order valence-electron chi connectivity index (χ0n) is 7.76. The Balaban J connectivity index is 2.71. The highest BCUT2D eigenvalue weighted by Crippen LogP contribution is 2.18. The van der Waals surface area contributed by atoms with Crippen LogP contribution in [0.4, 0.5) is 0 Å². The van der Waals surface area contributed by atoms with E-state index in [1.165, 1.54) is 9.13 Å². The number of rotatable bonds is 3. The Kier molecular flexibility index (Phi) is 3.93. The number of hydrogen-bond acceptors (Lipinski definition) is 1. The van der Waals surface area contributed by atoms with Crippen molar-refractivity contribution in [3.63, 3.8) is 0 Å². The Labute approximate surface area is 93.2 Å². The van der Waals surface area contributed by atoms with Gasteiger partial charge in [-0.25, -0.2) is 0 Å². The number of halogens is 1. The van der Waals surface area contributed by atoms with Crippen LogP contribution in [0.25, 0.3) is 0 Å². The van der Waals surface area contributed by atoms with E-state index in [-0.39, 0.29) is 6.04 Å². The van der Waals surface area contributed by atoms with Crippen LogP contribution in [0.2, 0.25) is 0 Å². The van der Waals surface area contributed by atoms with Gasteiger partial charge in [-0.3, -0.25) is 0 Å². The predicted octanol–water partition coefficient (Wildman–Crippen LogP) is 3.26. The van der Waals surface area contributed by atoms with Crippen LogP contribution in [0.1, 0.15) is 24.9 Å². The molecule has 2 N–H and O–H groups in total. The summed E-state index contributed by atoms with van der Waals surface area (Å²) in [6.45, 7) is 5.86. The van der Waals surface area contributed by atoms with Gasteiger partial charge in [0.15, 0.2) is 0 Å². The third kappa shape index (κ3) is 3.48. The lowest BCUT2D eigenvalue weighted by atomic mass is 10.0. The quantitative estimate of drug-likeness (QED) is 0.670. The highest BCUT2D eigenvalue weighted by Gasteiger charge is 2.04. The van der Waals surface area contributed by atoms with Crippen LogP contribution in [0.15, 0.2) is 36.4 Å². The van der Waals surface area contributed by atoms with Crippen LogP contribution in [-0.2, 0) is 0 Å². The highest BCUT2D eigenvalue weighted by molar-refractivity contribution is 14.1. The molecule has 0 aliphatic rings. The van der Waals surface area contributed by atoms with Crippen LogP contribution in [-0.4, -0.2) is 0 Å². The Bertz CT molecular complexity index is 289. The topological polar surface area (TPSA) is 26.0 Å². The fraction of sp³-hybridized carbons (Fsp3) is 0.273. The van der Waals surface area contributed by atoms with Crippen molar-refractivity contribution >= 4 is 22.6 Å². The smallest absolute Gasteiger partial charge is 0.0332 e. The maximum absolute atomic E-state index is 5.98. The number of nitrogens with two attached hydrogens (primary N) is 1. The Morgan fingerprint density at radius 2 is 2.00 bits per heavy atom. The molecule has 0 radical (unpaired) electrons.